The van der Waals surface area contributed by atoms with Crippen LogP contribution in [0.1, 0.15) is 38.2 Å². The average Bonchev–Trinajstić information content (AvgIpc) is 2.63. The van der Waals surface area contributed by atoms with E-state index in [-0.39, 0.29) is 0 Å². The Bertz CT molecular complexity index is 729. The fourth-order valence-electron chi connectivity index (χ4n) is 3.42. The molecule has 0 radical (unpaired) electrons. The zero-order valence-electron chi connectivity index (χ0n) is 14.5. The summed E-state index contributed by atoms with van der Waals surface area (Å²) in [5.74, 6) is 0.671. The van der Waals surface area contributed by atoms with Gasteiger partial charge in [0.2, 0.25) is 0 Å². The van der Waals surface area contributed by atoms with Crippen molar-refractivity contribution in [1.29, 1.82) is 0 Å². The SMILES string of the molecule is C=CCC(C)CC1=CCCC(c2ccc(-c3ccccc3)cc2)=C1. The molecule has 0 heterocycles. The minimum absolute atomic E-state index is 0.671. The first-order chi connectivity index (χ1) is 11.8. The molecule has 0 N–H and O–H groups in total. The van der Waals surface area contributed by atoms with Crippen molar-refractivity contribution < 1.29 is 0 Å². The first-order valence-corrected chi connectivity index (χ1v) is 8.92. The molecule has 2 aromatic rings. The summed E-state index contributed by atoms with van der Waals surface area (Å²) in [4.78, 5) is 0. The Labute approximate surface area is 146 Å². The van der Waals surface area contributed by atoms with Crippen LogP contribution in [0, 0.1) is 5.92 Å². The Kier molecular flexibility index (Phi) is 5.48. The summed E-state index contributed by atoms with van der Waals surface area (Å²) in [5.41, 5.74) is 6.87. The maximum Gasteiger partial charge on any atom is -0.0184 e. The smallest absolute Gasteiger partial charge is 0.0184 e. The van der Waals surface area contributed by atoms with Crippen molar-refractivity contribution >= 4 is 5.57 Å². The first kappa shape index (κ1) is 16.5. The Morgan fingerprint density at radius 3 is 2.33 bits per heavy atom. The summed E-state index contributed by atoms with van der Waals surface area (Å²) < 4.78 is 0. The van der Waals surface area contributed by atoms with E-state index in [4.69, 9.17) is 0 Å². The highest BCUT2D eigenvalue weighted by Crippen LogP contribution is 2.31. The van der Waals surface area contributed by atoms with Crippen LogP contribution in [0.4, 0.5) is 0 Å². The Balaban J connectivity index is 1.75. The normalized spacial score (nSPS) is 15.4. The summed E-state index contributed by atoms with van der Waals surface area (Å²) >= 11 is 0. The lowest BCUT2D eigenvalue weighted by Crippen LogP contribution is -1.98. The molecule has 0 fully saturated rings. The van der Waals surface area contributed by atoms with Crippen LogP contribution in [-0.4, -0.2) is 0 Å². The van der Waals surface area contributed by atoms with E-state index in [1.165, 1.54) is 27.8 Å². The van der Waals surface area contributed by atoms with Crippen LogP contribution >= 0.6 is 0 Å². The van der Waals surface area contributed by atoms with Crippen LogP contribution in [0.3, 0.4) is 0 Å². The predicted octanol–water partition coefficient (Wildman–Crippen LogP) is 7.06. The van der Waals surface area contributed by atoms with Gasteiger partial charge in [0.15, 0.2) is 0 Å². The second-order valence-electron chi connectivity index (χ2n) is 6.76. The summed E-state index contributed by atoms with van der Waals surface area (Å²) in [7, 11) is 0. The van der Waals surface area contributed by atoms with E-state index < -0.39 is 0 Å². The van der Waals surface area contributed by atoms with Gasteiger partial charge in [0.1, 0.15) is 0 Å². The average molecular weight is 314 g/mol. The topological polar surface area (TPSA) is 0 Å². The van der Waals surface area contributed by atoms with Crippen molar-refractivity contribution in [3.05, 3.63) is 90.5 Å². The Morgan fingerprint density at radius 1 is 0.958 bits per heavy atom. The molecule has 0 amide bonds. The molecule has 0 spiro atoms. The van der Waals surface area contributed by atoms with E-state index in [1.54, 1.807) is 0 Å². The molecule has 0 nitrogen and oxygen atoms in total. The van der Waals surface area contributed by atoms with Crippen LogP contribution in [-0.2, 0) is 0 Å². The highest BCUT2D eigenvalue weighted by atomic mass is 14.2. The third kappa shape index (κ3) is 4.14. The van der Waals surface area contributed by atoms with Crippen LogP contribution in [0.2, 0.25) is 0 Å². The Morgan fingerprint density at radius 2 is 1.62 bits per heavy atom. The first-order valence-electron chi connectivity index (χ1n) is 8.92. The van der Waals surface area contributed by atoms with Crippen molar-refractivity contribution in [1.82, 2.24) is 0 Å². The maximum atomic E-state index is 3.85. The van der Waals surface area contributed by atoms with Crippen LogP contribution in [0.15, 0.2) is 85.0 Å². The van der Waals surface area contributed by atoms with Gasteiger partial charge in [-0.1, -0.05) is 85.3 Å². The standard InChI is InChI=1S/C24H26/c1-3-8-19(2)17-20-9-7-12-24(18-20)23-15-13-22(14-16-23)21-10-5-4-6-11-21/h3-6,9-11,13-16,18-19H,1,7-8,12,17H2,2H3. The molecule has 0 bridgehead atoms. The fourth-order valence-corrected chi connectivity index (χ4v) is 3.42. The molecule has 1 aliphatic rings. The summed E-state index contributed by atoms with van der Waals surface area (Å²) in [5, 5.41) is 0. The molecule has 0 aliphatic heterocycles. The van der Waals surface area contributed by atoms with Crippen LogP contribution < -0.4 is 0 Å². The van der Waals surface area contributed by atoms with E-state index in [1.807, 2.05) is 6.08 Å². The predicted molar refractivity (Wildman–Crippen MR) is 106 cm³/mol. The molecule has 1 unspecified atom stereocenters. The van der Waals surface area contributed by atoms with E-state index >= 15 is 0 Å². The monoisotopic (exact) mass is 314 g/mol. The highest BCUT2D eigenvalue weighted by Gasteiger charge is 2.10. The molecule has 3 rings (SSSR count). The van der Waals surface area contributed by atoms with E-state index in [0.29, 0.717) is 5.92 Å². The van der Waals surface area contributed by atoms with Gasteiger partial charge in [-0.15, -0.1) is 6.58 Å². The highest BCUT2D eigenvalue weighted by molar-refractivity contribution is 5.72. The van der Waals surface area contributed by atoms with Crippen molar-refractivity contribution in [3.63, 3.8) is 0 Å². The molecular formula is C24H26. The molecule has 0 saturated heterocycles. The minimum Gasteiger partial charge on any atom is -0.103 e. The van der Waals surface area contributed by atoms with Gasteiger partial charge >= 0.3 is 0 Å². The number of rotatable bonds is 6. The lowest BCUT2D eigenvalue weighted by molar-refractivity contribution is 0.590. The second kappa shape index (κ2) is 7.97. The Hall–Kier alpha value is -2.34. The van der Waals surface area contributed by atoms with Gasteiger partial charge in [0.05, 0.1) is 0 Å². The molecule has 1 aliphatic carbocycles. The second-order valence-corrected chi connectivity index (χ2v) is 6.76. The third-order valence-electron chi connectivity index (χ3n) is 4.70. The quantitative estimate of drug-likeness (QED) is 0.501. The fraction of sp³-hybridized carbons (Fsp3) is 0.250. The summed E-state index contributed by atoms with van der Waals surface area (Å²) in [6.45, 7) is 6.16. The van der Waals surface area contributed by atoms with Gasteiger partial charge in [0.25, 0.3) is 0 Å². The van der Waals surface area contributed by atoms with Gasteiger partial charge in [-0.3, -0.25) is 0 Å². The number of allylic oxidation sites excluding steroid dienone is 5. The largest absolute Gasteiger partial charge is 0.103 e. The van der Waals surface area contributed by atoms with Crippen molar-refractivity contribution in [3.8, 4) is 11.1 Å². The number of hydrogen-bond acceptors (Lipinski definition) is 0. The molecule has 2 aromatic carbocycles. The lowest BCUT2D eigenvalue weighted by Gasteiger charge is -2.17. The van der Waals surface area contributed by atoms with Crippen molar-refractivity contribution in [2.75, 3.05) is 0 Å². The van der Waals surface area contributed by atoms with E-state index in [0.717, 1.165) is 25.7 Å². The lowest BCUT2D eigenvalue weighted by atomic mass is 9.88. The summed E-state index contributed by atoms with van der Waals surface area (Å²) in [6.07, 6.45) is 11.4. The van der Waals surface area contributed by atoms with Gasteiger partial charge in [-0.2, -0.15) is 0 Å². The molecule has 0 heteroatoms. The van der Waals surface area contributed by atoms with Gasteiger partial charge in [0, 0.05) is 0 Å². The van der Waals surface area contributed by atoms with Gasteiger partial charge in [-0.05, 0) is 53.9 Å². The van der Waals surface area contributed by atoms with E-state index in [9.17, 15) is 0 Å². The van der Waals surface area contributed by atoms with E-state index in [2.05, 4.69) is 80.3 Å². The number of hydrogen-bond donors (Lipinski definition) is 0. The maximum absolute atomic E-state index is 3.85. The number of benzene rings is 2. The van der Waals surface area contributed by atoms with Crippen molar-refractivity contribution in [2.45, 2.75) is 32.6 Å². The molecule has 24 heavy (non-hydrogen) atoms. The van der Waals surface area contributed by atoms with Gasteiger partial charge in [-0.25, -0.2) is 0 Å². The molecular weight excluding hydrogens is 288 g/mol. The van der Waals surface area contributed by atoms with Crippen molar-refractivity contribution in [2.24, 2.45) is 5.92 Å². The van der Waals surface area contributed by atoms with Crippen LogP contribution in [0.25, 0.3) is 16.7 Å². The molecule has 0 aromatic heterocycles. The minimum atomic E-state index is 0.671. The zero-order chi connectivity index (χ0) is 16.8. The molecule has 122 valence electrons. The summed E-state index contributed by atoms with van der Waals surface area (Å²) in [6, 6.07) is 19.6. The molecule has 1 atom stereocenters. The zero-order valence-corrected chi connectivity index (χ0v) is 14.5. The van der Waals surface area contributed by atoms with Gasteiger partial charge < -0.3 is 0 Å². The third-order valence-corrected chi connectivity index (χ3v) is 4.70. The van der Waals surface area contributed by atoms with Crippen LogP contribution in [0.5, 0.6) is 0 Å². The molecule has 0 saturated carbocycles.